The smallest absolute Gasteiger partial charge is 0.283 e. The van der Waals surface area contributed by atoms with E-state index in [0.717, 1.165) is 5.69 Å². The normalized spacial score (nSPS) is 10.6. The average Bonchev–Trinajstić information content (AvgIpc) is 2.84. The van der Waals surface area contributed by atoms with Gasteiger partial charge in [-0.3, -0.25) is 10.1 Å². The number of hydrogen-bond acceptors (Lipinski definition) is 5. The number of nitrogens with zero attached hydrogens (tertiary/aromatic N) is 4. The summed E-state index contributed by atoms with van der Waals surface area (Å²) >= 11 is 3.16. The zero-order chi connectivity index (χ0) is 13.8. The van der Waals surface area contributed by atoms with E-state index in [1.54, 1.807) is 23.0 Å². The first-order valence-electron chi connectivity index (χ1n) is 5.58. The van der Waals surface area contributed by atoms with Crippen molar-refractivity contribution in [3.8, 4) is 5.69 Å². The highest BCUT2D eigenvalue weighted by molar-refractivity contribution is 9.10. The third-order valence-electron chi connectivity index (χ3n) is 2.52. The molecule has 0 saturated heterocycles. The van der Waals surface area contributed by atoms with Gasteiger partial charge in [0.25, 0.3) is 5.69 Å². The highest BCUT2D eigenvalue weighted by atomic mass is 79.9. The third-order valence-corrected chi connectivity index (χ3v) is 3.16. The Kier molecular flexibility index (Phi) is 4.23. The molecular weight excluding hydrogens is 316 g/mol. The lowest BCUT2D eigenvalue weighted by atomic mass is 10.2. The zero-order valence-corrected chi connectivity index (χ0v) is 11.4. The summed E-state index contributed by atoms with van der Waals surface area (Å²) < 4.78 is 1.93. The average molecular weight is 327 g/mol. The van der Waals surface area contributed by atoms with Crippen molar-refractivity contribution in [2.24, 2.45) is 0 Å². The number of aliphatic hydroxyl groups is 1. The Bertz CT molecular complexity index is 599. The molecule has 0 atom stereocenters. The van der Waals surface area contributed by atoms with Crippen LogP contribution in [0.3, 0.4) is 0 Å². The van der Waals surface area contributed by atoms with Gasteiger partial charge in [-0.05, 0) is 40.9 Å². The van der Waals surface area contributed by atoms with Gasteiger partial charge in [-0.25, -0.2) is 4.68 Å². The minimum absolute atomic E-state index is 0.00405. The molecule has 0 fully saturated rings. The van der Waals surface area contributed by atoms with Crippen molar-refractivity contribution in [3.05, 3.63) is 44.7 Å². The lowest BCUT2D eigenvalue weighted by Crippen LogP contribution is -1.96. The summed E-state index contributed by atoms with van der Waals surface area (Å²) in [6.07, 6.45) is 3.01. The molecule has 1 N–H and O–H groups in total. The molecule has 2 rings (SSSR count). The largest absolute Gasteiger partial charge is 0.396 e. The molecule has 0 aliphatic carbocycles. The highest BCUT2D eigenvalue weighted by Gasteiger charge is 2.13. The van der Waals surface area contributed by atoms with Gasteiger partial charge in [0.1, 0.15) is 0 Å². The second-order valence-corrected chi connectivity index (χ2v) is 4.73. The Morgan fingerprint density at radius 1 is 1.47 bits per heavy atom. The van der Waals surface area contributed by atoms with Crippen molar-refractivity contribution in [1.82, 2.24) is 15.0 Å². The first-order valence-corrected chi connectivity index (χ1v) is 6.37. The predicted octanol–water partition coefficient (Wildman–Crippen LogP) is 1.86. The summed E-state index contributed by atoms with van der Waals surface area (Å²) in [5, 5.41) is 27.4. The molecule has 0 unspecified atom stereocenters. The van der Waals surface area contributed by atoms with Crippen LogP contribution in [-0.4, -0.2) is 31.6 Å². The molecule has 0 radical (unpaired) electrons. The molecule has 100 valence electrons. The number of aromatic nitrogens is 3. The summed E-state index contributed by atoms with van der Waals surface area (Å²) in [5.74, 6) is 0. The van der Waals surface area contributed by atoms with E-state index in [1.807, 2.05) is 0 Å². The van der Waals surface area contributed by atoms with Crippen LogP contribution in [0.1, 0.15) is 12.1 Å². The second-order valence-electron chi connectivity index (χ2n) is 3.87. The fourth-order valence-corrected chi connectivity index (χ4v) is 2.10. The van der Waals surface area contributed by atoms with Crippen LogP contribution in [0.5, 0.6) is 0 Å². The van der Waals surface area contributed by atoms with Crippen LogP contribution < -0.4 is 0 Å². The fraction of sp³-hybridized carbons (Fsp3) is 0.273. The van der Waals surface area contributed by atoms with E-state index in [-0.39, 0.29) is 12.3 Å². The molecule has 0 spiro atoms. The van der Waals surface area contributed by atoms with Crippen LogP contribution in [0.4, 0.5) is 5.69 Å². The van der Waals surface area contributed by atoms with Gasteiger partial charge >= 0.3 is 0 Å². The van der Waals surface area contributed by atoms with Crippen LogP contribution in [0.2, 0.25) is 0 Å². The third kappa shape index (κ3) is 3.15. The maximum atomic E-state index is 10.7. The van der Waals surface area contributed by atoms with E-state index in [1.165, 1.54) is 6.07 Å². The highest BCUT2D eigenvalue weighted by Crippen LogP contribution is 2.26. The fourth-order valence-electron chi connectivity index (χ4n) is 1.59. The Balaban J connectivity index is 2.24. The minimum atomic E-state index is -0.456. The molecule has 1 aromatic carbocycles. The predicted molar refractivity (Wildman–Crippen MR) is 71.1 cm³/mol. The number of nitro groups is 1. The van der Waals surface area contributed by atoms with E-state index in [2.05, 4.69) is 26.2 Å². The molecule has 1 aromatic heterocycles. The SMILES string of the molecule is O=[N+]([O-])c1ccc(-n2cc(CCCO)nn2)cc1Br. The van der Waals surface area contributed by atoms with Gasteiger partial charge in [-0.2, -0.15) is 0 Å². The molecular formula is C11H11BrN4O3. The van der Waals surface area contributed by atoms with E-state index in [4.69, 9.17) is 5.11 Å². The Morgan fingerprint density at radius 2 is 2.26 bits per heavy atom. The summed E-state index contributed by atoms with van der Waals surface area (Å²) in [6, 6.07) is 4.63. The number of rotatable bonds is 5. The van der Waals surface area contributed by atoms with Crippen molar-refractivity contribution in [2.75, 3.05) is 6.61 Å². The standard InChI is InChI=1S/C11H11BrN4O3/c12-10-6-9(3-4-11(10)16(18)19)15-7-8(13-14-15)2-1-5-17/h3-4,6-7,17H,1-2,5H2. The number of aliphatic hydroxyl groups excluding tert-OH is 1. The van der Waals surface area contributed by atoms with E-state index in [9.17, 15) is 10.1 Å². The van der Waals surface area contributed by atoms with Crippen LogP contribution in [-0.2, 0) is 6.42 Å². The van der Waals surface area contributed by atoms with Crippen molar-refractivity contribution in [2.45, 2.75) is 12.8 Å². The molecule has 2 aromatic rings. The van der Waals surface area contributed by atoms with Crippen LogP contribution in [0, 0.1) is 10.1 Å². The molecule has 0 aliphatic rings. The van der Waals surface area contributed by atoms with E-state index < -0.39 is 4.92 Å². The minimum Gasteiger partial charge on any atom is -0.396 e. The number of nitro benzene ring substituents is 1. The van der Waals surface area contributed by atoms with Crippen LogP contribution >= 0.6 is 15.9 Å². The topological polar surface area (TPSA) is 94.1 Å². The summed E-state index contributed by atoms with van der Waals surface area (Å²) in [5.41, 5.74) is 1.45. The van der Waals surface area contributed by atoms with Crippen LogP contribution in [0.25, 0.3) is 5.69 Å². The number of aryl methyl sites for hydroxylation is 1. The molecule has 7 nitrogen and oxygen atoms in total. The molecule has 0 saturated carbocycles. The lowest BCUT2D eigenvalue weighted by molar-refractivity contribution is -0.385. The molecule has 1 heterocycles. The Hall–Kier alpha value is -1.80. The van der Waals surface area contributed by atoms with Crippen molar-refractivity contribution < 1.29 is 10.0 Å². The van der Waals surface area contributed by atoms with Crippen molar-refractivity contribution in [3.63, 3.8) is 0 Å². The van der Waals surface area contributed by atoms with Gasteiger partial charge in [0.2, 0.25) is 0 Å². The van der Waals surface area contributed by atoms with Gasteiger partial charge in [-0.1, -0.05) is 5.21 Å². The molecule has 19 heavy (non-hydrogen) atoms. The van der Waals surface area contributed by atoms with Crippen LogP contribution in [0.15, 0.2) is 28.9 Å². The summed E-state index contributed by atoms with van der Waals surface area (Å²) in [4.78, 5) is 10.3. The van der Waals surface area contributed by atoms with Gasteiger partial charge < -0.3 is 5.11 Å². The summed E-state index contributed by atoms with van der Waals surface area (Å²) in [6.45, 7) is 0.107. The van der Waals surface area contributed by atoms with Crippen molar-refractivity contribution >= 4 is 21.6 Å². The molecule has 0 bridgehead atoms. The molecule has 0 aliphatic heterocycles. The Morgan fingerprint density at radius 3 is 2.89 bits per heavy atom. The number of benzene rings is 1. The van der Waals surface area contributed by atoms with Gasteiger partial charge in [0.15, 0.2) is 0 Å². The number of hydrogen-bond donors (Lipinski definition) is 1. The summed E-state index contributed by atoms with van der Waals surface area (Å²) in [7, 11) is 0. The quantitative estimate of drug-likeness (QED) is 0.668. The van der Waals surface area contributed by atoms with Crippen molar-refractivity contribution in [1.29, 1.82) is 0 Å². The maximum Gasteiger partial charge on any atom is 0.283 e. The van der Waals surface area contributed by atoms with E-state index >= 15 is 0 Å². The Labute approximate surface area is 117 Å². The molecule has 8 heteroatoms. The monoisotopic (exact) mass is 326 g/mol. The first-order chi connectivity index (χ1) is 9.11. The van der Waals surface area contributed by atoms with Gasteiger partial charge in [0, 0.05) is 12.7 Å². The zero-order valence-electron chi connectivity index (χ0n) is 9.86. The molecule has 0 amide bonds. The lowest BCUT2D eigenvalue weighted by Gasteiger charge is -2.01. The van der Waals surface area contributed by atoms with E-state index in [0.29, 0.717) is 23.0 Å². The van der Waals surface area contributed by atoms with Gasteiger partial charge in [0.05, 0.1) is 27.0 Å². The van der Waals surface area contributed by atoms with Gasteiger partial charge in [-0.15, -0.1) is 5.10 Å². The maximum absolute atomic E-state index is 10.7. The second kappa shape index (κ2) is 5.89. The number of halogens is 1. The first kappa shape index (κ1) is 13.6.